The molecule has 0 spiro atoms. The fourth-order valence-electron chi connectivity index (χ4n) is 2.05. The Morgan fingerprint density at radius 3 is 2.95 bits per heavy atom. The Bertz CT molecular complexity index is 478. The first kappa shape index (κ1) is 14.3. The van der Waals surface area contributed by atoms with Gasteiger partial charge in [0.2, 0.25) is 0 Å². The standard InChI is InChI=1S/C15H22N2OS/c1-4-16-10-14-13(7-8-18-14)11-17(3)12(2)15-6-5-9-19-15/h5-9,12,16H,4,10-11H2,1-3H3. The third kappa shape index (κ3) is 3.69. The van der Waals surface area contributed by atoms with E-state index in [0.29, 0.717) is 6.04 Å². The molecule has 1 unspecified atom stereocenters. The molecule has 0 amide bonds. The van der Waals surface area contributed by atoms with Crippen LogP contribution in [0.3, 0.4) is 0 Å². The molecule has 0 aliphatic rings. The summed E-state index contributed by atoms with van der Waals surface area (Å²) in [6.45, 7) is 7.03. The maximum atomic E-state index is 5.55. The van der Waals surface area contributed by atoms with Gasteiger partial charge >= 0.3 is 0 Å². The first-order valence-corrected chi connectivity index (χ1v) is 7.60. The highest BCUT2D eigenvalue weighted by molar-refractivity contribution is 7.10. The SMILES string of the molecule is CCNCc1occc1CN(C)C(C)c1cccs1. The third-order valence-corrected chi connectivity index (χ3v) is 4.45. The summed E-state index contributed by atoms with van der Waals surface area (Å²) in [6, 6.07) is 6.81. The zero-order chi connectivity index (χ0) is 13.7. The van der Waals surface area contributed by atoms with E-state index in [-0.39, 0.29) is 0 Å². The Kier molecular flexibility index (Phi) is 5.19. The molecule has 0 aliphatic carbocycles. The van der Waals surface area contributed by atoms with Gasteiger partial charge in [-0.1, -0.05) is 13.0 Å². The quantitative estimate of drug-likeness (QED) is 0.838. The van der Waals surface area contributed by atoms with Gasteiger partial charge in [-0.25, -0.2) is 0 Å². The van der Waals surface area contributed by atoms with Crippen LogP contribution in [0.25, 0.3) is 0 Å². The molecule has 1 atom stereocenters. The maximum Gasteiger partial charge on any atom is 0.122 e. The van der Waals surface area contributed by atoms with Crippen molar-refractivity contribution < 1.29 is 4.42 Å². The summed E-state index contributed by atoms with van der Waals surface area (Å²) >= 11 is 1.81. The molecule has 1 N–H and O–H groups in total. The summed E-state index contributed by atoms with van der Waals surface area (Å²) in [5.74, 6) is 1.05. The van der Waals surface area contributed by atoms with E-state index < -0.39 is 0 Å². The van der Waals surface area contributed by atoms with Crippen molar-refractivity contribution in [3.05, 3.63) is 46.0 Å². The molecule has 4 heteroatoms. The number of rotatable bonds is 7. The van der Waals surface area contributed by atoms with Crippen molar-refractivity contribution in [2.24, 2.45) is 0 Å². The lowest BCUT2D eigenvalue weighted by atomic mass is 10.2. The lowest BCUT2D eigenvalue weighted by molar-refractivity contribution is 0.254. The Labute approximate surface area is 119 Å². The van der Waals surface area contributed by atoms with E-state index in [2.05, 4.69) is 54.7 Å². The molecule has 0 saturated heterocycles. The second-order valence-electron chi connectivity index (χ2n) is 4.76. The van der Waals surface area contributed by atoms with Crippen molar-refractivity contribution >= 4 is 11.3 Å². The van der Waals surface area contributed by atoms with Crippen LogP contribution in [0, 0.1) is 0 Å². The molecule has 3 nitrogen and oxygen atoms in total. The molecule has 2 rings (SSSR count). The first-order valence-electron chi connectivity index (χ1n) is 6.72. The van der Waals surface area contributed by atoms with Crippen LogP contribution in [0.1, 0.15) is 36.1 Å². The monoisotopic (exact) mass is 278 g/mol. The number of nitrogens with one attached hydrogen (secondary N) is 1. The fourth-order valence-corrected chi connectivity index (χ4v) is 2.90. The van der Waals surface area contributed by atoms with Gasteiger partial charge in [0.25, 0.3) is 0 Å². The van der Waals surface area contributed by atoms with E-state index in [1.807, 2.05) is 11.3 Å². The van der Waals surface area contributed by atoms with Gasteiger partial charge in [0.15, 0.2) is 0 Å². The average molecular weight is 278 g/mol. The van der Waals surface area contributed by atoms with Crippen molar-refractivity contribution in [2.75, 3.05) is 13.6 Å². The van der Waals surface area contributed by atoms with Crippen LogP contribution in [-0.2, 0) is 13.1 Å². The highest BCUT2D eigenvalue weighted by atomic mass is 32.1. The highest BCUT2D eigenvalue weighted by Gasteiger charge is 2.15. The van der Waals surface area contributed by atoms with Gasteiger partial charge < -0.3 is 9.73 Å². The smallest absolute Gasteiger partial charge is 0.122 e. The molecule has 0 bridgehead atoms. The predicted molar refractivity (Wildman–Crippen MR) is 80.3 cm³/mol. The van der Waals surface area contributed by atoms with Crippen LogP contribution in [-0.4, -0.2) is 18.5 Å². The lowest BCUT2D eigenvalue weighted by Gasteiger charge is -2.23. The second kappa shape index (κ2) is 6.89. The van der Waals surface area contributed by atoms with Crippen LogP contribution in [0.4, 0.5) is 0 Å². The van der Waals surface area contributed by atoms with Crippen LogP contribution < -0.4 is 5.32 Å². The largest absolute Gasteiger partial charge is 0.468 e. The molecule has 2 aromatic rings. The minimum Gasteiger partial charge on any atom is -0.468 e. The zero-order valence-corrected chi connectivity index (χ0v) is 12.7. The maximum absolute atomic E-state index is 5.55. The van der Waals surface area contributed by atoms with E-state index in [1.54, 1.807) is 6.26 Å². The molecular formula is C15H22N2OS. The van der Waals surface area contributed by atoms with Gasteiger partial charge in [0.1, 0.15) is 5.76 Å². The summed E-state index contributed by atoms with van der Waals surface area (Å²) < 4.78 is 5.55. The van der Waals surface area contributed by atoms with Crippen molar-refractivity contribution in [1.82, 2.24) is 10.2 Å². The molecule has 0 saturated carbocycles. The van der Waals surface area contributed by atoms with Gasteiger partial charge in [-0.05, 0) is 38.0 Å². The Hall–Kier alpha value is -1.10. The minimum atomic E-state index is 0.432. The molecule has 0 aromatic carbocycles. The summed E-state index contributed by atoms with van der Waals surface area (Å²) in [5.41, 5.74) is 1.27. The summed E-state index contributed by atoms with van der Waals surface area (Å²) in [6.07, 6.45) is 1.78. The molecule has 2 heterocycles. The van der Waals surface area contributed by atoms with Gasteiger partial charge in [-0.15, -0.1) is 11.3 Å². The van der Waals surface area contributed by atoms with Crippen molar-refractivity contribution in [3.63, 3.8) is 0 Å². The molecule has 19 heavy (non-hydrogen) atoms. The Morgan fingerprint density at radius 2 is 2.26 bits per heavy atom. The van der Waals surface area contributed by atoms with Crippen LogP contribution in [0.5, 0.6) is 0 Å². The molecule has 0 aliphatic heterocycles. The molecule has 0 radical (unpaired) electrons. The summed E-state index contributed by atoms with van der Waals surface area (Å²) in [5, 5.41) is 5.44. The summed E-state index contributed by atoms with van der Waals surface area (Å²) in [4.78, 5) is 3.76. The molecular weight excluding hydrogens is 256 g/mol. The second-order valence-corrected chi connectivity index (χ2v) is 5.74. The van der Waals surface area contributed by atoms with Crippen LogP contribution in [0.15, 0.2) is 34.3 Å². The normalized spacial score (nSPS) is 13.1. The topological polar surface area (TPSA) is 28.4 Å². The van der Waals surface area contributed by atoms with Gasteiger partial charge in [0.05, 0.1) is 12.8 Å². The van der Waals surface area contributed by atoms with E-state index in [4.69, 9.17) is 4.42 Å². The predicted octanol–water partition coefficient (Wildman–Crippen LogP) is 3.64. The number of nitrogens with zero attached hydrogens (tertiary/aromatic N) is 1. The Balaban J connectivity index is 1.98. The van der Waals surface area contributed by atoms with E-state index >= 15 is 0 Å². The molecule has 0 fully saturated rings. The van der Waals surface area contributed by atoms with Gasteiger partial charge in [0, 0.05) is 23.0 Å². The van der Waals surface area contributed by atoms with Crippen molar-refractivity contribution in [1.29, 1.82) is 0 Å². The fraction of sp³-hybridized carbons (Fsp3) is 0.467. The lowest BCUT2D eigenvalue weighted by Crippen LogP contribution is -2.22. The Morgan fingerprint density at radius 1 is 1.42 bits per heavy atom. The number of hydrogen-bond acceptors (Lipinski definition) is 4. The minimum absolute atomic E-state index is 0.432. The van der Waals surface area contributed by atoms with E-state index in [1.165, 1.54) is 10.4 Å². The third-order valence-electron chi connectivity index (χ3n) is 3.41. The van der Waals surface area contributed by atoms with Crippen molar-refractivity contribution in [2.45, 2.75) is 33.0 Å². The molecule has 2 aromatic heterocycles. The highest BCUT2D eigenvalue weighted by Crippen LogP contribution is 2.25. The van der Waals surface area contributed by atoms with E-state index in [0.717, 1.165) is 25.4 Å². The zero-order valence-electron chi connectivity index (χ0n) is 11.8. The van der Waals surface area contributed by atoms with Gasteiger partial charge in [-0.2, -0.15) is 0 Å². The molecule has 104 valence electrons. The van der Waals surface area contributed by atoms with Crippen molar-refractivity contribution in [3.8, 4) is 0 Å². The number of furan rings is 1. The van der Waals surface area contributed by atoms with Gasteiger partial charge in [-0.3, -0.25) is 4.90 Å². The number of hydrogen-bond donors (Lipinski definition) is 1. The average Bonchev–Trinajstić information content (AvgIpc) is 3.07. The van der Waals surface area contributed by atoms with Crippen LogP contribution in [0.2, 0.25) is 0 Å². The number of thiophene rings is 1. The van der Waals surface area contributed by atoms with Crippen LogP contribution >= 0.6 is 11.3 Å². The summed E-state index contributed by atoms with van der Waals surface area (Å²) in [7, 11) is 2.16. The van der Waals surface area contributed by atoms with E-state index in [9.17, 15) is 0 Å². The first-order chi connectivity index (χ1) is 9.22.